The Labute approximate surface area is 132 Å². The Bertz CT molecular complexity index is 474. The van der Waals surface area contributed by atoms with E-state index in [0.29, 0.717) is 19.5 Å². The van der Waals surface area contributed by atoms with Crippen LogP contribution in [0.25, 0.3) is 0 Å². The molecular weight excluding hydrogens is 280 g/mol. The smallest absolute Gasteiger partial charge is 0.242 e. The number of nitrogens with zero attached hydrogens (tertiary/aromatic N) is 1. The zero-order valence-electron chi connectivity index (χ0n) is 13.6. The molecule has 2 amide bonds. The van der Waals surface area contributed by atoms with Gasteiger partial charge in [0.15, 0.2) is 0 Å². The number of amides is 2. The number of aliphatic hydroxyl groups is 1. The molecule has 0 aliphatic rings. The standard InChI is InChI=1S/C17H26N2O3/c1-13(2)17(22)19(12-15-8-5-4-6-9-15)14(3)16(21)18-10-7-11-20/h4-6,8-9,13-14,20H,7,10-12H2,1-3H3,(H,18,21)/t14-/m0/s1. The molecular formula is C17H26N2O3. The predicted molar refractivity (Wildman–Crippen MR) is 86.0 cm³/mol. The van der Waals surface area contributed by atoms with Gasteiger partial charge in [0.05, 0.1) is 0 Å². The first kappa shape index (κ1) is 18.2. The molecule has 1 aromatic rings. The average Bonchev–Trinajstić information content (AvgIpc) is 2.52. The van der Waals surface area contributed by atoms with Crippen LogP contribution in [0.2, 0.25) is 0 Å². The molecule has 0 saturated heterocycles. The minimum atomic E-state index is -0.547. The largest absolute Gasteiger partial charge is 0.396 e. The summed E-state index contributed by atoms with van der Waals surface area (Å²) in [6.07, 6.45) is 0.509. The SMILES string of the molecule is CC(C)C(=O)N(Cc1ccccc1)[C@@H](C)C(=O)NCCCO. The van der Waals surface area contributed by atoms with Gasteiger partial charge in [-0.3, -0.25) is 9.59 Å². The van der Waals surface area contributed by atoms with Crippen molar-refractivity contribution in [1.82, 2.24) is 10.2 Å². The summed E-state index contributed by atoms with van der Waals surface area (Å²) in [7, 11) is 0. The summed E-state index contributed by atoms with van der Waals surface area (Å²) in [6.45, 7) is 6.25. The summed E-state index contributed by atoms with van der Waals surface area (Å²) >= 11 is 0. The van der Waals surface area contributed by atoms with Crippen molar-refractivity contribution < 1.29 is 14.7 Å². The molecule has 122 valence electrons. The highest BCUT2D eigenvalue weighted by Gasteiger charge is 2.27. The van der Waals surface area contributed by atoms with Crippen LogP contribution in [0.1, 0.15) is 32.8 Å². The lowest BCUT2D eigenvalue weighted by Gasteiger charge is -2.30. The maximum atomic E-state index is 12.4. The molecule has 5 nitrogen and oxygen atoms in total. The fraction of sp³-hybridized carbons (Fsp3) is 0.529. The van der Waals surface area contributed by atoms with E-state index in [9.17, 15) is 9.59 Å². The lowest BCUT2D eigenvalue weighted by Crippen LogP contribution is -2.49. The van der Waals surface area contributed by atoms with Gasteiger partial charge in [-0.25, -0.2) is 0 Å². The first-order valence-corrected chi connectivity index (χ1v) is 7.70. The molecule has 0 aliphatic carbocycles. The van der Waals surface area contributed by atoms with E-state index in [1.54, 1.807) is 11.8 Å². The second-order valence-electron chi connectivity index (χ2n) is 5.65. The van der Waals surface area contributed by atoms with E-state index in [0.717, 1.165) is 5.56 Å². The van der Waals surface area contributed by atoms with Crippen LogP contribution in [-0.2, 0) is 16.1 Å². The van der Waals surface area contributed by atoms with Crippen molar-refractivity contribution in [3.63, 3.8) is 0 Å². The van der Waals surface area contributed by atoms with Crippen molar-refractivity contribution in [2.45, 2.75) is 39.8 Å². The van der Waals surface area contributed by atoms with Crippen LogP contribution in [0.4, 0.5) is 0 Å². The lowest BCUT2D eigenvalue weighted by atomic mass is 10.1. The Balaban J connectivity index is 2.80. The number of aliphatic hydroxyl groups excluding tert-OH is 1. The maximum absolute atomic E-state index is 12.4. The first-order chi connectivity index (χ1) is 10.5. The monoisotopic (exact) mass is 306 g/mol. The van der Waals surface area contributed by atoms with Gasteiger partial charge >= 0.3 is 0 Å². The molecule has 1 rings (SSSR count). The Morgan fingerprint density at radius 2 is 1.82 bits per heavy atom. The summed E-state index contributed by atoms with van der Waals surface area (Å²) < 4.78 is 0. The van der Waals surface area contributed by atoms with E-state index in [-0.39, 0.29) is 24.3 Å². The van der Waals surface area contributed by atoms with E-state index in [1.165, 1.54) is 0 Å². The topological polar surface area (TPSA) is 69.6 Å². The van der Waals surface area contributed by atoms with Crippen molar-refractivity contribution in [2.75, 3.05) is 13.2 Å². The molecule has 22 heavy (non-hydrogen) atoms. The molecule has 0 bridgehead atoms. The molecule has 0 spiro atoms. The zero-order chi connectivity index (χ0) is 16.5. The summed E-state index contributed by atoms with van der Waals surface area (Å²) in [5.41, 5.74) is 0.992. The molecule has 1 aromatic carbocycles. The highest BCUT2D eigenvalue weighted by atomic mass is 16.3. The number of benzene rings is 1. The molecule has 5 heteroatoms. The molecule has 0 saturated carbocycles. The predicted octanol–water partition coefficient (Wildman–Crippen LogP) is 1.56. The Kier molecular flexibility index (Phi) is 7.60. The number of nitrogens with one attached hydrogen (secondary N) is 1. The van der Waals surface area contributed by atoms with Crippen LogP contribution in [-0.4, -0.2) is 41.0 Å². The van der Waals surface area contributed by atoms with Gasteiger partial charge in [0.2, 0.25) is 11.8 Å². The van der Waals surface area contributed by atoms with Crippen LogP contribution in [0.15, 0.2) is 30.3 Å². The molecule has 0 unspecified atom stereocenters. The van der Waals surface area contributed by atoms with E-state index >= 15 is 0 Å². The third-order valence-electron chi connectivity index (χ3n) is 3.45. The van der Waals surface area contributed by atoms with Crippen LogP contribution >= 0.6 is 0 Å². The van der Waals surface area contributed by atoms with E-state index in [4.69, 9.17) is 5.11 Å². The molecule has 1 atom stereocenters. The Hall–Kier alpha value is -1.88. The van der Waals surface area contributed by atoms with Gasteiger partial charge in [0, 0.05) is 25.6 Å². The van der Waals surface area contributed by atoms with Gasteiger partial charge in [-0.1, -0.05) is 44.2 Å². The fourth-order valence-electron chi connectivity index (χ4n) is 2.10. The molecule has 2 N–H and O–H groups in total. The van der Waals surface area contributed by atoms with Crippen molar-refractivity contribution >= 4 is 11.8 Å². The van der Waals surface area contributed by atoms with Gasteiger partial charge in [-0.15, -0.1) is 0 Å². The van der Waals surface area contributed by atoms with Crippen LogP contribution in [0.3, 0.4) is 0 Å². The summed E-state index contributed by atoms with van der Waals surface area (Å²) in [5, 5.41) is 11.5. The third kappa shape index (κ3) is 5.48. The normalized spacial score (nSPS) is 12.0. The van der Waals surface area contributed by atoms with E-state index in [2.05, 4.69) is 5.32 Å². The van der Waals surface area contributed by atoms with Crippen molar-refractivity contribution in [3.8, 4) is 0 Å². The van der Waals surface area contributed by atoms with Crippen molar-refractivity contribution in [1.29, 1.82) is 0 Å². The van der Waals surface area contributed by atoms with Crippen molar-refractivity contribution in [3.05, 3.63) is 35.9 Å². The second kappa shape index (κ2) is 9.20. The molecule has 0 aliphatic heterocycles. The lowest BCUT2D eigenvalue weighted by molar-refractivity contribution is -0.143. The zero-order valence-corrected chi connectivity index (χ0v) is 13.6. The van der Waals surface area contributed by atoms with E-state index < -0.39 is 6.04 Å². The highest BCUT2D eigenvalue weighted by molar-refractivity contribution is 5.88. The summed E-state index contributed by atoms with van der Waals surface area (Å²) in [5.74, 6) is -0.413. The van der Waals surface area contributed by atoms with Gasteiger partial charge in [0.1, 0.15) is 6.04 Å². The van der Waals surface area contributed by atoms with Crippen LogP contribution in [0, 0.1) is 5.92 Å². The molecule has 0 aromatic heterocycles. The maximum Gasteiger partial charge on any atom is 0.242 e. The minimum Gasteiger partial charge on any atom is -0.396 e. The van der Waals surface area contributed by atoms with Crippen molar-refractivity contribution in [2.24, 2.45) is 5.92 Å². The number of rotatable bonds is 8. The van der Waals surface area contributed by atoms with E-state index in [1.807, 2.05) is 44.2 Å². The van der Waals surface area contributed by atoms with Crippen LogP contribution in [0.5, 0.6) is 0 Å². The number of carbonyl (C=O) groups excluding carboxylic acids is 2. The van der Waals surface area contributed by atoms with Gasteiger partial charge in [-0.05, 0) is 18.9 Å². The number of carbonyl (C=O) groups is 2. The Morgan fingerprint density at radius 1 is 1.18 bits per heavy atom. The average molecular weight is 306 g/mol. The summed E-state index contributed by atoms with van der Waals surface area (Å²) in [6, 6.07) is 9.09. The minimum absolute atomic E-state index is 0.0350. The number of hydrogen-bond acceptors (Lipinski definition) is 3. The third-order valence-corrected chi connectivity index (χ3v) is 3.45. The first-order valence-electron chi connectivity index (χ1n) is 7.70. The molecule has 0 heterocycles. The Morgan fingerprint density at radius 3 is 2.36 bits per heavy atom. The van der Waals surface area contributed by atoms with Crippen LogP contribution < -0.4 is 5.32 Å². The van der Waals surface area contributed by atoms with Gasteiger partial charge < -0.3 is 15.3 Å². The molecule has 0 fully saturated rings. The van der Waals surface area contributed by atoms with Gasteiger partial charge in [-0.2, -0.15) is 0 Å². The quantitative estimate of drug-likeness (QED) is 0.716. The number of hydrogen-bond donors (Lipinski definition) is 2. The van der Waals surface area contributed by atoms with Gasteiger partial charge in [0.25, 0.3) is 0 Å². The molecule has 0 radical (unpaired) electrons. The highest BCUT2D eigenvalue weighted by Crippen LogP contribution is 2.13. The fourth-order valence-corrected chi connectivity index (χ4v) is 2.10. The summed E-state index contributed by atoms with van der Waals surface area (Å²) in [4.78, 5) is 26.2. The second-order valence-corrected chi connectivity index (χ2v) is 5.65.